The number of benzene rings is 2. The van der Waals surface area contributed by atoms with E-state index in [-0.39, 0.29) is 11.3 Å². The summed E-state index contributed by atoms with van der Waals surface area (Å²) in [5.74, 6) is 2.41. The van der Waals surface area contributed by atoms with E-state index in [1.54, 1.807) is 0 Å². The largest absolute Gasteiger partial charge is 0.490 e. The summed E-state index contributed by atoms with van der Waals surface area (Å²) in [4.78, 5) is 16.0. The Morgan fingerprint density at radius 3 is 2.91 bits per heavy atom. The van der Waals surface area contributed by atoms with Crippen LogP contribution in [-0.2, 0) is 16.6 Å². The van der Waals surface area contributed by atoms with Crippen molar-refractivity contribution in [1.82, 2.24) is 10.0 Å². The first kappa shape index (κ1) is 23.0. The zero-order valence-corrected chi connectivity index (χ0v) is 21.1. The lowest BCUT2D eigenvalue weighted by Crippen LogP contribution is -2.48. The third kappa shape index (κ3) is 4.70. The maximum absolute atomic E-state index is 12.3. The topological polar surface area (TPSA) is 53.6 Å². The van der Waals surface area contributed by atoms with Crippen LogP contribution in [0.15, 0.2) is 59.5 Å². The van der Waals surface area contributed by atoms with E-state index in [2.05, 4.69) is 69.6 Å². The number of anilines is 1. The van der Waals surface area contributed by atoms with Gasteiger partial charge in [0.05, 0.1) is 18.8 Å². The van der Waals surface area contributed by atoms with Gasteiger partial charge in [0, 0.05) is 29.9 Å². The first-order valence-corrected chi connectivity index (χ1v) is 13.9. The van der Waals surface area contributed by atoms with Crippen LogP contribution in [0.5, 0.6) is 5.75 Å². The van der Waals surface area contributed by atoms with Crippen molar-refractivity contribution in [2.24, 2.45) is 11.8 Å². The van der Waals surface area contributed by atoms with Gasteiger partial charge in [0.2, 0.25) is 5.91 Å². The summed E-state index contributed by atoms with van der Waals surface area (Å²) in [6, 6.07) is 15.4. The predicted octanol–water partition coefficient (Wildman–Crippen LogP) is 4.86. The lowest BCUT2D eigenvalue weighted by atomic mass is 9.69. The van der Waals surface area contributed by atoms with Gasteiger partial charge in [-0.1, -0.05) is 36.4 Å². The molecule has 0 aromatic heterocycles. The van der Waals surface area contributed by atoms with Gasteiger partial charge in [-0.2, -0.15) is 0 Å². The molecular formula is C29H35N3O2S. The number of amides is 1. The molecule has 2 aliphatic carbocycles. The van der Waals surface area contributed by atoms with E-state index >= 15 is 0 Å². The fourth-order valence-electron chi connectivity index (χ4n) is 6.37. The van der Waals surface area contributed by atoms with Crippen LogP contribution in [0, 0.1) is 11.8 Å². The Hall–Kier alpha value is -2.44. The molecule has 2 aromatic carbocycles. The van der Waals surface area contributed by atoms with E-state index in [4.69, 9.17) is 4.74 Å². The van der Waals surface area contributed by atoms with Crippen LogP contribution < -0.4 is 19.7 Å². The van der Waals surface area contributed by atoms with Crippen molar-refractivity contribution in [2.45, 2.75) is 48.8 Å². The number of allylic oxidation sites excluding steroid dienone is 1. The molecule has 2 heterocycles. The number of rotatable bonds is 0. The van der Waals surface area contributed by atoms with Crippen molar-refractivity contribution in [3.8, 4) is 5.75 Å². The van der Waals surface area contributed by atoms with Gasteiger partial charge in [-0.15, -0.1) is 0 Å². The number of hydrogen-bond donors (Lipinski definition) is 2. The number of nitrogens with one attached hydrogen (secondary N) is 2. The van der Waals surface area contributed by atoms with E-state index in [0.717, 1.165) is 62.1 Å². The van der Waals surface area contributed by atoms with E-state index in [1.807, 2.05) is 0 Å². The molecule has 35 heavy (non-hydrogen) atoms. The van der Waals surface area contributed by atoms with Crippen molar-refractivity contribution in [3.05, 3.63) is 65.7 Å². The van der Waals surface area contributed by atoms with Crippen molar-refractivity contribution < 1.29 is 9.53 Å². The number of fused-ring (bicyclic) bond motifs is 4. The second kappa shape index (κ2) is 9.90. The number of ether oxygens (including phenoxy) is 1. The predicted molar refractivity (Wildman–Crippen MR) is 142 cm³/mol. The number of nitrogens with zero attached hydrogens (tertiary/aromatic N) is 1. The molecule has 1 saturated carbocycles. The highest BCUT2D eigenvalue weighted by Gasteiger charge is 2.43. The van der Waals surface area contributed by atoms with E-state index in [1.165, 1.54) is 48.0 Å². The van der Waals surface area contributed by atoms with Gasteiger partial charge in [-0.25, -0.2) is 0 Å². The van der Waals surface area contributed by atoms with Crippen LogP contribution in [0.25, 0.3) is 0 Å². The molecule has 3 unspecified atom stereocenters. The highest BCUT2D eigenvalue weighted by Crippen LogP contribution is 2.46. The number of hydrogen-bond acceptors (Lipinski definition) is 5. The molecule has 6 heteroatoms. The van der Waals surface area contributed by atoms with Gasteiger partial charge in [0.25, 0.3) is 0 Å². The van der Waals surface area contributed by atoms with Crippen molar-refractivity contribution >= 4 is 23.5 Å². The zero-order valence-electron chi connectivity index (χ0n) is 20.3. The van der Waals surface area contributed by atoms with E-state index in [9.17, 15) is 4.79 Å². The molecule has 2 N–H and O–H groups in total. The molecule has 1 amide bonds. The quantitative estimate of drug-likeness (QED) is 0.409. The van der Waals surface area contributed by atoms with Crippen molar-refractivity contribution in [1.29, 1.82) is 0 Å². The van der Waals surface area contributed by atoms with Crippen LogP contribution in [-0.4, -0.2) is 38.7 Å². The van der Waals surface area contributed by atoms with Gasteiger partial charge in [0.15, 0.2) is 0 Å². The molecule has 1 fully saturated rings. The van der Waals surface area contributed by atoms with Gasteiger partial charge in [-0.3, -0.25) is 9.52 Å². The lowest BCUT2D eigenvalue weighted by Gasteiger charge is -2.44. The summed E-state index contributed by atoms with van der Waals surface area (Å²) in [6.45, 7) is 3.84. The summed E-state index contributed by atoms with van der Waals surface area (Å²) in [7, 11) is 0. The number of carbonyl (C=O) groups excluding carboxylic acids is 1. The van der Waals surface area contributed by atoms with Gasteiger partial charge < -0.3 is 15.0 Å². The standard InChI is InChI=1S/C29H35N3O2S/c33-28-17-30-15-4-3-6-21-10-11-23(21)18-32-19-29(14-5-8-22-7-1-2-9-25(22)29)20-34-27-13-12-24(35-31-28)16-26(27)32/h1-4,7,9,12-13,16,21,23,30H,5-6,8,10-11,14-15,17-20H2,(H,31,33)/b4-3-. The van der Waals surface area contributed by atoms with Crippen LogP contribution in [0.1, 0.15) is 43.2 Å². The number of carbonyl (C=O) groups is 1. The molecule has 6 rings (SSSR count). The molecule has 2 bridgehead atoms. The summed E-state index contributed by atoms with van der Waals surface area (Å²) < 4.78 is 9.59. The minimum Gasteiger partial charge on any atom is -0.490 e. The van der Waals surface area contributed by atoms with E-state index < -0.39 is 0 Å². The van der Waals surface area contributed by atoms with Crippen LogP contribution in [0.4, 0.5) is 5.69 Å². The Labute approximate surface area is 212 Å². The monoisotopic (exact) mass is 489 g/mol. The Balaban J connectivity index is 1.36. The minimum absolute atomic E-state index is 0.00429. The third-order valence-corrected chi connectivity index (χ3v) is 9.24. The maximum atomic E-state index is 12.3. The first-order chi connectivity index (χ1) is 17.2. The number of aryl methyl sites for hydroxylation is 1. The zero-order chi connectivity index (χ0) is 23.7. The second-order valence-corrected chi connectivity index (χ2v) is 11.5. The second-order valence-electron chi connectivity index (χ2n) is 10.7. The van der Waals surface area contributed by atoms with Gasteiger partial charge >= 0.3 is 0 Å². The Morgan fingerprint density at radius 2 is 2.00 bits per heavy atom. The minimum atomic E-state index is -0.00429. The lowest BCUT2D eigenvalue weighted by molar-refractivity contribution is -0.118. The van der Waals surface area contributed by atoms with Gasteiger partial charge in [0.1, 0.15) is 5.75 Å². The smallest absolute Gasteiger partial charge is 0.244 e. The van der Waals surface area contributed by atoms with Crippen LogP contribution in [0.3, 0.4) is 0 Å². The fraction of sp³-hybridized carbons (Fsp3) is 0.483. The highest BCUT2D eigenvalue weighted by molar-refractivity contribution is 7.98. The molecule has 5 nitrogen and oxygen atoms in total. The van der Waals surface area contributed by atoms with Gasteiger partial charge in [-0.05, 0) is 91.6 Å². The van der Waals surface area contributed by atoms with Crippen molar-refractivity contribution in [3.63, 3.8) is 0 Å². The third-order valence-electron chi connectivity index (χ3n) is 8.42. The highest BCUT2D eigenvalue weighted by atomic mass is 32.2. The first-order valence-electron chi connectivity index (χ1n) is 13.1. The Bertz CT molecular complexity index is 1120. The fourth-order valence-corrected chi connectivity index (χ4v) is 6.98. The molecular weight excluding hydrogens is 454 g/mol. The molecule has 2 aromatic rings. The summed E-state index contributed by atoms with van der Waals surface area (Å²) >= 11 is 1.40. The average Bonchev–Trinajstić information content (AvgIpc) is 3.02. The van der Waals surface area contributed by atoms with Crippen LogP contribution in [0.2, 0.25) is 0 Å². The molecule has 1 spiro atoms. The summed E-state index contributed by atoms with van der Waals surface area (Å²) in [5, 5.41) is 3.21. The SMILES string of the molecule is O=C1CNC/C=C\CC2CCC2CN2CC3(CCCc4ccccc43)COc3ccc(cc32)SN1. The van der Waals surface area contributed by atoms with Crippen molar-refractivity contribution in [2.75, 3.05) is 37.7 Å². The summed E-state index contributed by atoms with van der Waals surface area (Å²) in [6.07, 6.45) is 11.8. The molecule has 2 aliphatic heterocycles. The molecule has 3 atom stereocenters. The molecule has 0 saturated heterocycles. The average molecular weight is 490 g/mol. The van der Waals surface area contributed by atoms with E-state index in [0.29, 0.717) is 12.5 Å². The Morgan fingerprint density at radius 1 is 1.09 bits per heavy atom. The molecule has 4 aliphatic rings. The molecule has 184 valence electrons. The van der Waals surface area contributed by atoms with Crippen LogP contribution >= 0.6 is 11.9 Å². The normalized spacial score (nSPS) is 29.6. The summed E-state index contributed by atoms with van der Waals surface area (Å²) in [5.41, 5.74) is 4.16. The molecule has 0 radical (unpaired) electrons. The Kier molecular flexibility index (Phi) is 6.50. The maximum Gasteiger partial charge on any atom is 0.244 e.